The van der Waals surface area contributed by atoms with Crippen molar-refractivity contribution in [1.29, 1.82) is 0 Å². The topological polar surface area (TPSA) is 46.2 Å². The lowest BCUT2D eigenvalue weighted by Gasteiger charge is -2.31. The maximum absolute atomic E-state index is 6.33. The standard InChI is InChI=1S/C22H27Cl2N3O3S/c1-28-20-6-3-16(13-21(20)29-2)15-27(8-7-26-9-11-30-12-10-26)22(31)25-19-14-17(23)4-5-18(19)24/h3-6,13-14H,7-12,15H2,1-2H3,(H,25,31). The highest BCUT2D eigenvalue weighted by Crippen LogP contribution is 2.29. The van der Waals surface area contributed by atoms with Gasteiger partial charge in [0.25, 0.3) is 0 Å². The number of anilines is 1. The molecule has 0 aliphatic carbocycles. The summed E-state index contributed by atoms with van der Waals surface area (Å²) in [5.41, 5.74) is 1.74. The number of nitrogens with zero attached hydrogens (tertiary/aromatic N) is 2. The fourth-order valence-corrected chi connectivity index (χ4v) is 3.93. The molecule has 2 aromatic carbocycles. The molecule has 0 bridgehead atoms. The zero-order chi connectivity index (χ0) is 22.2. The van der Waals surface area contributed by atoms with Gasteiger partial charge in [-0.15, -0.1) is 0 Å². The van der Waals surface area contributed by atoms with Crippen LogP contribution in [-0.2, 0) is 11.3 Å². The zero-order valence-electron chi connectivity index (χ0n) is 17.7. The molecule has 0 radical (unpaired) electrons. The highest BCUT2D eigenvalue weighted by molar-refractivity contribution is 7.80. The molecule has 0 amide bonds. The van der Waals surface area contributed by atoms with Crippen LogP contribution < -0.4 is 14.8 Å². The van der Waals surface area contributed by atoms with Gasteiger partial charge in [-0.05, 0) is 48.1 Å². The molecular formula is C22H27Cl2N3O3S. The summed E-state index contributed by atoms with van der Waals surface area (Å²) in [5.74, 6) is 1.38. The minimum Gasteiger partial charge on any atom is -0.493 e. The Morgan fingerprint density at radius 1 is 1.10 bits per heavy atom. The van der Waals surface area contributed by atoms with Crippen LogP contribution in [0.25, 0.3) is 0 Å². The van der Waals surface area contributed by atoms with Gasteiger partial charge >= 0.3 is 0 Å². The molecule has 0 spiro atoms. The molecule has 9 heteroatoms. The van der Waals surface area contributed by atoms with E-state index in [1.807, 2.05) is 18.2 Å². The molecule has 0 unspecified atom stereocenters. The average molecular weight is 484 g/mol. The third kappa shape index (κ3) is 6.85. The van der Waals surface area contributed by atoms with Gasteiger partial charge in [0.05, 0.1) is 38.1 Å². The van der Waals surface area contributed by atoms with Gasteiger partial charge in [-0.2, -0.15) is 0 Å². The Balaban J connectivity index is 1.76. The van der Waals surface area contributed by atoms with Gasteiger partial charge in [-0.25, -0.2) is 0 Å². The van der Waals surface area contributed by atoms with E-state index in [4.69, 9.17) is 49.6 Å². The van der Waals surface area contributed by atoms with E-state index in [9.17, 15) is 0 Å². The maximum Gasteiger partial charge on any atom is 0.173 e. The predicted molar refractivity (Wildman–Crippen MR) is 130 cm³/mol. The zero-order valence-corrected chi connectivity index (χ0v) is 20.0. The summed E-state index contributed by atoms with van der Waals surface area (Å²) >= 11 is 18.2. The van der Waals surface area contributed by atoms with Crippen LogP contribution in [0, 0.1) is 0 Å². The van der Waals surface area contributed by atoms with Gasteiger partial charge < -0.3 is 24.4 Å². The van der Waals surface area contributed by atoms with Gasteiger partial charge in [0, 0.05) is 37.7 Å². The fourth-order valence-electron chi connectivity index (χ4n) is 3.33. The van der Waals surface area contributed by atoms with Crippen molar-refractivity contribution in [3.8, 4) is 11.5 Å². The second-order valence-corrected chi connectivity index (χ2v) is 8.35. The van der Waals surface area contributed by atoms with Crippen LogP contribution in [0.15, 0.2) is 36.4 Å². The lowest BCUT2D eigenvalue weighted by Crippen LogP contribution is -2.44. The number of hydrogen-bond donors (Lipinski definition) is 1. The quantitative estimate of drug-likeness (QED) is 0.552. The van der Waals surface area contributed by atoms with E-state index in [2.05, 4.69) is 15.1 Å². The first-order valence-electron chi connectivity index (χ1n) is 10.0. The summed E-state index contributed by atoms with van der Waals surface area (Å²) in [4.78, 5) is 4.49. The van der Waals surface area contributed by atoms with Crippen molar-refractivity contribution in [1.82, 2.24) is 9.80 Å². The Bertz CT molecular complexity index is 894. The molecular weight excluding hydrogens is 457 g/mol. The van der Waals surface area contributed by atoms with Crippen molar-refractivity contribution in [2.75, 3.05) is 58.9 Å². The lowest BCUT2D eigenvalue weighted by molar-refractivity contribution is 0.0358. The lowest BCUT2D eigenvalue weighted by atomic mass is 10.2. The normalized spacial score (nSPS) is 14.2. The molecule has 0 aromatic heterocycles. The third-order valence-electron chi connectivity index (χ3n) is 5.07. The fraction of sp³-hybridized carbons (Fsp3) is 0.409. The number of halogens is 2. The minimum atomic E-state index is 0.561. The van der Waals surface area contributed by atoms with Crippen LogP contribution >= 0.6 is 35.4 Å². The molecule has 1 heterocycles. The highest BCUT2D eigenvalue weighted by atomic mass is 35.5. The largest absolute Gasteiger partial charge is 0.493 e. The number of benzene rings is 2. The van der Waals surface area contributed by atoms with Crippen molar-refractivity contribution in [3.05, 3.63) is 52.0 Å². The van der Waals surface area contributed by atoms with Crippen LogP contribution in [-0.4, -0.2) is 68.5 Å². The van der Waals surface area contributed by atoms with Gasteiger partial charge in [0.15, 0.2) is 16.6 Å². The molecule has 168 valence electrons. The molecule has 0 saturated carbocycles. The number of morpholine rings is 1. The minimum absolute atomic E-state index is 0.561. The van der Waals surface area contributed by atoms with Crippen molar-refractivity contribution in [2.24, 2.45) is 0 Å². The molecule has 1 aliphatic rings. The molecule has 6 nitrogen and oxygen atoms in total. The number of ether oxygens (including phenoxy) is 3. The molecule has 3 rings (SSSR count). The Morgan fingerprint density at radius 3 is 2.55 bits per heavy atom. The average Bonchev–Trinajstić information content (AvgIpc) is 2.79. The van der Waals surface area contributed by atoms with Gasteiger partial charge in [-0.1, -0.05) is 29.3 Å². The van der Waals surface area contributed by atoms with E-state index >= 15 is 0 Å². The predicted octanol–water partition coefficient (Wildman–Crippen LogP) is 4.54. The van der Waals surface area contributed by atoms with E-state index < -0.39 is 0 Å². The van der Waals surface area contributed by atoms with Crippen molar-refractivity contribution in [3.63, 3.8) is 0 Å². The second-order valence-electron chi connectivity index (χ2n) is 7.12. The number of nitrogens with one attached hydrogen (secondary N) is 1. The molecule has 1 saturated heterocycles. The summed E-state index contributed by atoms with van der Waals surface area (Å²) in [6, 6.07) is 11.2. The summed E-state index contributed by atoms with van der Waals surface area (Å²) in [7, 11) is 3.26. The monoisotopic (exact) mass is 483 g/mol. The van der Waals surface area contributed by atoms with E-state index in [-0.39, 0.29) is 0 Å². The summed E-state index contributed by atoms with van der Waals surface area (Å²) in [6.45, 7) is 5.59. The third-order valence-corrected chi connectivity index (χ3v) is 5.99. The molecule has 2 aromatic rings. The number of hydrogen-bond acceptors (Lipinski definition) is 5. The van der Waals surface area contributed by atoms with Crippen molar-refractivity contribution >= 4 is 46.2 Å². The number of rotatable bonds is 8. The maximum atomic E-state index is 6.33. The second kappa shape index (κ2) is 11.7. The van der Waals surface area contributed by atoms with Crippen molar-refractivity contribution < 1.29 is 14.2 Å². The molecule has 0 atom stereocenters. The molecule has 31 heavy (non-hydrogen) atoms. The van der Waals surface area contributed by atoms with E-state index in [1.54, 1.807) is 32.4 Å². The van der Waals surface area contributed by atoms with Crippen LogP contribution in [0.5, 0.6) is 11.5 Å². The smallest absolute Gasteiger partial charge is 0.173 e. The Hall–Kier alpha value is -1.77. The molecule has 1 fully saturated rings. The first-order valence-corrected chi connectivity index (χ1v) is 11.2. The molecule has 1 N–H and O–H groups in total. The van der Waals surface area contributed by atoms with Crippen LogP contribution in [0.2, 0.25) is 10.0 Å². The van der Waals surface area contributed by atoms with Crippen LogP contribution in [0.3, 0.4) is 0 Å². The van der Waals surface area contributed by atoms with Crippen LogP contribution in [0.4, 0.5) is 5.69 Å². The first kappa shape index (κ1) is 23.9. The SMILES string of the molecule is COc1ccc(CN(CCN2CCOCC2)C(=S)Nc2cc(Cl)ccc2Cl)cc1OC. The Kier molecular flexibility index (Phi) is 9.04. The Morgan fingerprint density at radius 2 is 1.84 bits per heavy atom. The summed E-state index contributed by atoms with van der Waals surface area (Å²) < 4.78 is 16.3. The molecule has 1 aliphatic heterocycles. The summed E-state index contributed by atoms with van der Waals surface area (Å²) in [5, 5.41) is 4.98. The highest BCUT2D eigenvalue weighted by Gasteiger charge is 2.17. The van der Waals surface area contributed by atoms with Gasteiger partial charge in [-0.3, -0.25) is 4.90 Å². The van der Waals surface area contributed by atoms with Crippen LogP contribution in [0.1, 0.15) is 5.56 Å². The van der Waals surface area contributed by atoms with E-state index in [0.717, 1.165) is 45.0 Å². The van der Waals surface area contributed by atoms with E-state index in [0.29, 0.717) is 38.9 Å². The van der Waals surface area contributed by atoms with E-state index in [1.165, 1.54) is 0 Å². The number of methoxy groups -OCH3 is 2. The van der Waals surface area contributed by atoms with Gasteiger partial charge in [0.2, 0.25) is 0 Å². The first-order chi connectivity index (χ1) is 15.0. The number of thiocarbonyl (C=S) groups is 1. The Labute approximate surface area is 199 Å². The van der Waals surface area contributed by atoms with Crippen molar-refractivity contribution in [2.45, 2.75) is 6.54 Å². The van der Waals surface area contributed by atoms with Gasteiger partial charge in [0.1, 0.15) is 0 Å². The summed E-state index contributed by atoms with van der Waals surface area (Å²) in [6.07, 6.45) is 0.